The third-order valence-corrected chi connectivity index (χ3v) is 4.23. The van der Waals surface area contributed by atoms with Gasteiger partial charge in [-0.3, -0.25) is 4.79 Å². The summed E-state index contributed by atoms with van der Waals surface area (Å²) in [5.74, 6) is 2.90. The van der Waals surface area contributed by atoms with Gasteiger partial charge in [-0.05, 0) is 43.7 Å². The SMILES string of the molecule is C[C@@H]1C[C@H]1C(=O)N1C[C@@H]2CNC[C@@H](C2)C1. The first-order valence-electron chi connectivity index (χ1n) is 6.23. The fourth-order valence-electron chi connectivity index (χ4n) is 3.19. The van der Waals surface area contributed by atoms with E-state index < -0.39 is 0 Å². The summed E-state index contributed by atoms with van der Waals surface area (Å²) in [6.07, 6.45) is 2.46. The highest BCUT2D eigenvalue weighted by Crippen LogP contribution is 2.40. The van der Waals surface area contributed by atoms with Crippen LogP contribution in [-0.2, 0) is 4.79 Å². The standard InChI is InChI=1S/C12H20N2O/c1-8-2-11(8)12(15)14-6-9-3-10(7-14)5-13-4-9/h8-11,13H,2-7H2,1H3/t8-,9-,10+,11-/m1/s1. The number of fused-ring (bicyclic) bond motifs is 2. The quantitative estimate of drug-likeness (QED) is 0.688. The molecule has 0 aromatic carbocycles. The second kappa shape index (κ2) is 3.48. The second-order valence-electron chi connectivity index (χ2n) is 5.69. The minimum atomic E-state index is 0.372. The molecule has 0 radical (unpaired) electrons. The van der Waals surface area contributed by atoms with Crippen LogP contribution in [0.5, 0.6) is 0 Å². The lowest BCUT2D eigenvalue weighted by atomic mass is 9.85. The van der Waals surface area contributed by atoms with Gasteiger partial charge < -0.3 is 10.2 Å². The Balaban J connectivity index is 1.64. The van der Waals surface area contributed by atoms with E-state index in [4.69, 9.17) is 0 Å². The van der Waals surface area contributed by atoms with Crippen LogP contribution in [0, 0.1) is 23.7 Å². The number of carbonyl (C=O) groups excluding carboxylic acids is 1. The minimum Gasteiger partial charge on any atom is -0.342 e. The lowest BCUT2D eigenvalue weighted by Gasteiger charge is -2.41. The predicted molar refractivity (Wildman–Crippen MR) is 58.3 cm³/mol. The van der Waals surface area contributed by atoms with Crippen molar-refractivity contribution >= 4 is 5.91 Å². The maximum absolute atomic E-state index is 12.1. The molecule has 2 bridgehead atoms. The first-order chi connectivity index (χ1) is 7.24. The molecule has 0 aromatic heterocycles. The number of hydrogen-bond acceptors (Lipinski definition) is 2. The third kappa shape index (κ3) is 1.78. The van der Waals surface area contributed by atoms with Crippen LogP contribution in [0.2, 0.25) is 0 Å². The zero-order chi connectivity index (χ0) is 10.4. The van der Waals surface area contributed by atoms with E-state index in [0.717, 1.165) is 44.4 Å². The molecule has 4 atom stereocenters. The number of piperidine rings is 2. The average Bonchev–Trinajstić information content (AvgIpc) is 2.94. The molecular formula is C12H20N2O. The average molecular weight is 208 g/mol. The topological polar surface area (TPSA) is 32.3 Å². The Morgan fingerprint density at radius 1 is 1.20 bits per heavy atom. The Hall–Kier alpha value is -0.570. The summed E-state index contributed by atoms with van der Waals surface area (Å²) in [5, 5.41) is 3.46. The fourth-order valence-corrected chi connectivity index (χ4v) is 3.19. The van der Waals surface area contributed by atoms with Crippen LogP contribution in [0.25, 0.3) is 0 Å². The van der Waals surface area contributed by atoms with Gasteiger partial charge in [-0.25, -0.2) is 0 Å². The molecule has 1 amide bonds. The largest absolute Gasteiger partial charge is 0.342 e. The predicted octanol–water partition coefficient (Wildman–Crippen LogP) is 0.710. The Kier molecular flexibility index (Phi) is 2.23. The smallest absolute Gasteiger partial charge is 0.225 e. The lowest BCUT2D eigenvalue weighted by molar-refractivity contribution is -0.136. The molecule has 1 N–H and O–H groups in total. The van der Waals surface area contributed by atoms with E-state index in [1.54, 1.807) is 0 Å². The van der Waals surface area contributed by atoms with E-state index >= 15 is 0 Å². The van der Waals surface area contributed by atoms with Gasteiger partial charge in [-0.15, -0.1) is 0 Å². The van der Waals surface area contributed by atoms with Gasteiger partial charge in [0.1, 0.15) is 0 Å². The molecule has 3 nitrogen and oxygen atoms in total. The lowest BCUT2D eigenvalue weighted by Crippen LogP contribution is -2.53. The Bertz CT molecular complexity index is 267. The van der Waals surface area contributed by atoms with Crippen molar-refractivity contribution in [2.24, 2.45) is 23.7 Å². The van der Waals surface area contributed by atoms with Crippen LogP contribution >= 0.6 is 0 Å². The van der Waals surface area contributed by atoms with E-state index in [0.29, 0.717) is 17.7 Å². The van der Waals surface area contributed by atoms with E-state index in [-0.39, 0.29) is 0 Å². The second-order valence-corrected chi connectivity index (χ2v) is 5.69. The van der Waals surface area contributed by atoms with Crippen molar-refractivity contribution in [3.05, 3.63) is 0 Å². The van der Waals surface area contributed by atoms with E-state index in [9.17, 15) is 4.79 Å². The molecule has 0 unspecified atom stereocenters. The zero-order valence-corrected chi connectivity index (χ0v) is 9.41. The number of carbonyl (C=O) groups is 1. The van der Waals surface area contributed by atoms with Crippen LogP contribution in [0.4, 0.5) is 0 Å². The van der Waals surface area contributed by atoms with E-state index in [2.05, 4.69) is 17.1 Å². The van der Waals surface area contributed by atoms with E-state index in [1.165, 1.54) is 6.42 Å². The van der Waals surface area contributed by atoms with Crippen LogP contribution in [-0.4, -0.2) is 37.0 Å². The molecule has 1 aliphatic carbocycles. The molecule has 1 saturated carbocycles. The summed E-state index contributed by atoms with van der Waals surface area (Å²) in [6.45, 7) is 6.42. The van der Waals surface area contributed by atoms with Gasteiger partial charge in [0, 0.05) is 19.0 Å². The van der Waals surface area contributed by atoms with Crippen molar-refractivity contribution in [1.82, 2.24) is 10.2 Å². The van der Waals surface area contributed by atoms with Crippen LogP contribution in [0.15, 0.2) is 0 Å². The molecule has 0 spiro atoms. The molecule has 3 aliphatic rings. The molecule has 3 fully saturated rings. The summed E-state index contributed by atoms with van der Waals surface area (Å²) in [6, 6.07) is 0. The molecule has 0 aromatic rings. The van der Waals surface area contributed by atoms with Crippen molar-refractivity contribution in [2.45, 2.75) is 19.8 Å². The highest BCUT2D eigenvalue weighted by molar-refractivity contribution is 5.81. The molecule has 3 heteroatoms. The van der Waals surface area contributed by atoms with Crippen molar-refractivity contribution in [3.8, 4) is 0 Å². The molecule has 15 heavy (non-hydrogen) atoms. The molecule has 2 aliphatic heterocycles. The van der Waals surface area contributed by atoms with Crippen LogP contribution in [0.1, 0.15) is 19.8 Å². The van der Waals surface area contributed by atoms with Crippen molar-refractivity contribution < 1.29 is 4.79 Å². The molecular weight excluding hydrogens is 188 g/mol. The molecule has 84 valence electrons. The van der Waals surface area contributed by atoms with Crippen LogP contribution < -0.4 is 5.32 Å². The first-order valence-corrected chi connectivity index (χ1v) is 6.23. The maximum Gasteiger partial charge on any atom is 0.225 e. The highest BCUT2D eigenvalue weighted by Gasteiger charge is 2.43. The summed E-state index contributed by atoms with van der Waals surface area (Å²) in [4.78, 5) is 14.3. The summed E-state index contributed by atoms with van der Waals surface area (Å²) in [7, 11) is 0. The Morgan fingerprint density at radius 2 is 1.80 bits per heavy atom. The molecule has 2 heterocycles. The number of hydrogen-bond donors (Lipinski definition) is 1. The Morgan fingerprint density at radius 3 is 2.33 bits per heavy atom. The van der Waals surface area contributed by atoms with Gasteiger partial charge in [0.05, 0.1) is 0 Å². The van der Waals surface area contributed by atoms with Gasteiger partial charge in [-0.2, -0.15) is 0 Å². The number of nitrogens with zero attached hydrogens (tertiary/aromatic N) is 1. The number of likely N-dealkylation sites (tertiary alicyclic amines) is 1. The third-order valence-electron chi connectivity index (χ3n) is 4.23. The zero-order valence-electron chi connectivity index (χ0n) is 9.41. The van der Waals surface area contributed by atoms with E-state index in [1.807, 2.05) is 0 Å². The van der Waals surface area contributed by atoms with Crippen molar-refractivity contribution in [2.75, 3.05) is 26.2 Å². The highest BCUT2D eigenvalue weighted by atomic mass is 16.2. The number of amides is 1. The number of rotatable bonds is 1. The normalized spacial score (nSPS) is 43.9. The van der Waals surface area contributed by atoms with Gasteiger partial charge >= 0.3 is 0 Å². The Labute approximate surface area is 91.2 Å². The van der Waals surface area contributed by atoms with Crippen molar-refractivity contribution in [1.29, 1.82) is 0 Å². The van der Waals surface area contributed by atoms with Gasteiger partial charge in [0.15, 0.2) is 0 Å². The van der Waals surface area contributed by atoms with Crippen molar-refractivity contribution in [3.63, 3.8) is 0 Å². The van der Waals surface area contributed by atoms with Gasteiger partial charge in [-0.1, -0.05) is 6.92 Å². The van der Waals surface area contributed by atoms with Gasteiger partial charge in [0.2, 0.25) is 5.91 Å². The number of nitrogens with one attached hydrogen (secondary N) is 1. The maximum atomic E-state index is 12.1. The van der Waals surface area contributed by atoms with Crippen LogP contribution in [0.3, 0.4) is 0 Å². The van der Waals surface area contributed by atoms with Gasteiger partial charge in [0.25, 0.3) is 0 Å². The molecule has 2 saturated heterocycles. The summed E-state index contributed by atoms with van der Waals surface area (Å²) < 4.78 is 0. The molecule has 3 rings (SSSR count). The monoisotopic (exact) mass is 208 g/mol. The summed E-state index contributed by atoms with van der Waals surface area (Å²) >= 11 is 0. The summed E-state index contributed by atoms with van der Waals surface area (Å²) in [5.41, 5.74) is 0. The fraction of sp³-hybridized carbons (Fsp3) is 0.917. The first kappa shape index (κ1) is 9.64. The minimum absolute atomic E-state index is 0.372.